The quantitative estimate of drug-likeness (QED) is 0.785. The molecule has 0 radical (unpaired) electrons. The number of rotatable bonds is 4. The second-order valence-electron chi connectivity index (χ2n) is 5.30. The Labute approximate surface area is 129 Å². The van der Waals surface area contributed by atoms with Gasteiger partial charge in [-0.25, -0.2) is 4.39 Å². The van der Waals surface area contributed by atoms with Gasteiger partial charge in [-0.2, -0.15) is 0 Å². The molecule has 2 aromatic carbocycles. The zero-order chi connectivity index (χ0) is 15.4. The van der Waals surface area contributed by atoms with Crippen molar-refractivity contribution in [2.24, 2.45) is 5.73 Å². The summed E-state index contributed by atoms with van der Waals surface area (Å²) in [6.45, 7) is 0. The van der Waals surface area contributed by atoms with Crippen molar-refractivity contribution >= 4 is 0 Å². The summed E-state index contributed by atoms with van der Waals surface area (Å²) in [5, 5.41) is 0. The van der Waals surface area contributed by atoms with Gasteiger partial charge in [-0.1, -0.05) is 42.5 Å². The molecule has 3 rings (SSSR count). The summed E-state index contributed by atoms with van der Waals surface area (Å²) in [4.78, 5) is 4.09. The van der Waals surface area contributed by atoms with Gasteiger partial charge in [0.2, 0.25) is 0 Å². The van der Waals surface area contributed by atoms with E-state index in [1.807, 2.05) is 42.5 Å². The van der Waals surface area contributed by atoms with Gasteiger partial charge >= 0.3 is 0 Å². The Morgan fingerprint density at radius 3 is 2.45 bits per heavy atom. The van der Waals surface area contributed by atoms with E-state index in [0.717, 1.165) is 28.7 Å². The van der Waals surface area contributed by atoms with Gasteiger partial charge in [0.05, 0.1) is 0 Å². The van der Waals surface area contributed by atoms with Crippen LogP contribution in [0.1, 0.15) is 17.2 Å². The molecule has 1 atom stereocenters. The smallest absolute Gasteiger partial charge is 0.123 e. The van der Waals surface area contributed by atoms with E-state index in [1.165, 1.54) is 12.1 Å². The summed E-state index contributed by atoms with van der Waals surface area (Å²) in [6.07, 6.45) is 4.28. The van der Waals surface area contributed by atoms with E-state index < -0.39 is 0 Å². The predicted octanol–water partition coefficient (Wildman–Crippen LogP) is 4.13. The van der Waals surface area contributed by atoms with Crippen molar-refractivity contribution in [1.82, 2.24) is 4.98 Å². The first-order valence-electron chi connectivity index (χ1n) is 7.23. The fraction of sp³-hybridized carbons (Fsp3) is 0.105. The van der Waals surface area contributed by atoms with Crippen LogP contribution in [0, 0.1) is 5.82 Å². The van der Waals surface area contributed by atoms with E-state index in [0.29, 0.717) is 0 Å². The molecule has 2 nitrogen and oxygen atoms in total. The number of nitrogens with zero attached hydrogens (tertiary/aromatic N) is 1. The third-order valence-electron chi connectivity index (χ3n) is 3.68. The van der Waals surface area contributed by atoms with E-state index in [-0.39, 0.29) is 11.9 Å². The Kier molecular flexibility index (Phi) is 4.26. The Morgan fingerprint density at radius 1 is 0.955 bits per heavy atom. The first-order chi connectivity index (χ1) is 10.7. The molecule has 3 heteroatoms. The van der Waals surface area contributed by atoms with Gasteiger partial charge in [0.15, 0.2) is 0 Å². The minimum atomic E-state index is -0.222. The summed E-state index contributed by atoms with van der Waals surface area (Å²) < 4.78 is 13.3. The summed E-state index contributed by atoms with van der Waals surface area (Å²) >= 11 is 0. The topological polar surface area (TPSA) is 38.9 Å². The zero-order valence-corrected chi connectivity index (χ0v) is 12.1. The monoisotopic (exact) mass is 292 g/mol. The average Bonchev–Trinajstić information content (AvgIpc) is 2.56. The van der Waals surface area contributed by atoms with Gasteiger partial charge < -0.3 is 5.73 Å². The fourth-order valence-corrected chi connectivity index (χ4v) is 2.47. The van der Waals surface area contributed by atoms with E-state index in [9.17, 15) is 4.39 Å². The Balaban J connectivity index is 1.74. The van der Waals surface area contributed by atoms with Crippen LogP contribution in [0.4, 0.5) is 4.39 Å². The molecule has 0 spiro atoms. The third kappa shape index (κ3) is 3.38. The van der Waals surface area contributed by atoms with Gasteiger partial charge in [-0.05, 0) is 46.9 Å². The lowest BCUT2D eigenvalue weighted by Gasteiger charge is -2.12. The molecule has 1 heterocycles. The molecule has 0 bridgehead atoms. The predicted molar refractivity (Wildman–Crippen MR) is 86.7 cm³/mol. The van der Waals surface area contributed by atoms with Crippen molar-refractivity contribution in [3.05, 3.63) is 90.0 Å². The van der Waals surface area contributed by atoms with Crippen molar-refractivity contribution in [1.29, 1.82) is 0 Å². The minimum Gasteiger partial charge on any atom is -0.324 e. The molecule has 0 saturated heterocycles. The lowest BCUT2D eigenvalue weighted by atomic mass is 9.98. The molecular weight excluding hydrogens is 275 g/mol. The summed E-state index contributed by atoms with van der Waals surface area (Å²) in [7, 11) is 0. The van der Waals surface area contributed by atoms with Crippen molar-refractivity contribution in [3.63, 3.8) is 0 Å². The van der Waals surface area contributed by atoms with Crippen LogP contribution in [0.3, 0.4) is 0 Å². The second kappa shape index (κ2) is 6.50. The molecule has 0 fully saturated rings. The van der Waals surface area contributed by atoms with Crippen LogP contribution in [0.2, 0.25) is 0 Å². The van der Waals surface area contributed by atoms with Crippen molar-refractivity contribution in [3.8, 4) is 11.1 Å². The van der Waals surface area contributed by atoms with Gasteiger partial charge in [-0.15, -0.1) is 0 Å². The molecule has 0 saturated carbocycles. The van der Waals surface area contributed by atoms with Crippen LogP contribution in [-0.2, 0) is 6.42 Å². The van der Waals surface area contributed by atoms with Gasteiger partial charge in [0, 0.05) is 18.4 Å². The maximum atomic E-state index is 13.3. The molecule has 0 aliphatic rings. The van der Waals surface area contributed by atoms with Crippen LogP contribution >= 0.6 is 0 Å². The van der Waals surface area contributed by atoms with Crippen molar-refractivity contribution < 1.29 is 4.39 Å². The lowest BCUT2D eigenvalue weighted by molar-refractivity contribution is 0.628. The lowest BCUT2D eigenvalue weighted by Crippen LogP contribution is -2.13. The number of halogens is 1. The van der Waals surface area contributed by atoms with E-state index in [4.69, 9.17) is 5.73 Å². The molecule has 0 aliphatic heterocycles. The van der Waals surface area contributed by atoms with Crippen LogP contribution in [0.15, 0.2) is 73.1 Å². The number of benzene rings is 2. The van der Waals surface area contributed by atoms with Crippen LogP contribution in [-0.4, -0.2) is 4.98 Å². The Morgan fingerprint density at radius 2 is 1.77 bits per heavy atom. The van der Waals surface area contributed by atoms with Crippen LogP contribution in [0.25, 0.3) is 11.1 Å². The van der Waals surface area contributed by atoms with Crippen LogP contribution in [0.5, 0.6) is 0 Å². The number of hydrogen-bond acceptors (Lipinski definition) is 2. The average molecular weight is 292 g/mol. The molecule has 110 valence electrons. The maximum Gasteiger partial charge on any atom is 0.123 e. The highest BCUT2D eigenvalue weighted by atomic mass is 19.1. The summed E-state index contributed by atoms with van der Waals surface area (Å²) in [5.74, 6) is -0.222. The maximum absolute atomic E-state index is 13.3. The second-order valence-corrected chi connectivity index (χ2v) is 5.30. The Hall–Kier alpha value is -2.52. The third-order valence-corrected chi connectivity index (χ3v) is 3.68. The van der Waals surface area contributed by atoms with E-state index >= 15 is 0 Å². The number of hydrogen-bond donors (Lipinski definition) is 1. The molecule has 1 aromatic heterocycles. The van der Waals surface area contributed by atoms with E-state index in [2.05, 4.69) is 4.98 Å². The highest BCUT2D eigenvalue weighted by molar-refractivity contribution is 5.63. The van der Waals surface area contributed by atoms with E-state index in [1.54, 1.807) is 18.5 Å². The normalized spacial score (nSPS) is 12.1. The number of nitrogens with two attached hydrogens (primary N) is 1. The first kappa shape index (κ1) is 14.4. The largest absolute Gasteiger partial charge is 0.324 e. The minimum absolute atomic E-state index is 0.0753. The summed E-state index contributed by atoms with van der Waals surface area (Å²) in [5.41, 5.74) is 10.3. The molecular formula is C19H17FN2. The molecule has 0 aliphatic carbocycles. The summed E-state index contributed by atoms with van der Waals surface area (Å²) in [6, 6.07) is 18.5. The number of pyridine rings is 1. The van der Waals surface area contributed by atoms with Crippen molar-refractivity contribution in [2.45, 2.75) is 12.5 Å². The highest BCUT2D eigenvalue weighted by Crippen LogP contribution is 2.22. The van der Waals surface area contributed by atoms with Crippen LogP contribution < -0.4 is 5.73 Å². The van der Waals surface area contributed by atoms with Gasteiger partial charge in [0.1, 0.15) is 5.82 Å². The molecule has 2 N–H and O–H groups in total. The molecule has 0 amide bonds. The molecule has 1 unspecified atom stereocenters. The fourth-order valence-electron chi connectivity index (χ4n) is 2.47. The standard InChI is InChI=1S/C19H17FN2/c20-18-5-1-3-16(12-18)15-8-6-14(7-9-15)11-19(21)17-4-2-10-22-13-17/h1-10,12-13,19H,11,21H2. The SMILES string of the molecule is NC(Cc1ccc(-c2cccc(F)c2)cc1)c1cccnc1. The molecule has 22 heavy (non-hydrogen) atoms. The van der Waals surface area contributed by atoms with Gasteiger partial charge in [0.25, 0.3) is 0 Å². The highest BCUT2D eigenvalue weighted by Gasteiger charge is 2.07. The number of aromatic nitrogens is 1. The zero-order valence-electron chi connectivity index (χ0n) is 12.1. The van der Waals surface area contributed by atoms with Gasteiger partial charge in [-0.3, -0.25) is 4.98 Å². The molecule has 3 aromatic rings. The first-order valence-corrected chi connectivity index (χ1v) is 7.23. The Bertz CT molecular complexity index is 739. The van der Waals surface area contributed by atoms with Crippen molar-refractivity contribution in [2.75, 3.05) is 0 Å².